The van der Waals surface area contributed by atoms with E-state index in [-0.39, 0.29) is 19.3 Å². The third-order valence-corrected chi connectivity index (χ3v) is 14.1. The number of nitrogens with one attached hydrogen (secondary N) is 1. The molecule has 4 heterocycles. The highest BCUT2D eigenvalue weighted by Gasteiger charge is 2.38. The summed E-state index contributed by atoms with van der Waals surface area (Å²) < 4.78 is 66.7. The molecule has 0 saturated carbocycles. The van der Waals surface area contributed by atoms with Gasteiger partial charge in [-0.05, 0) is 60.8 Å². The van der Waals surface area contributed by atoms with Gasteiger partial charge in [-0.1, -0.05) is 134 Å². The van der Waals surface area contributed by atoms with Crippen LogP contribution in [-0.4, -0.2) is 94.4 Å². The summed E-state index contributed by atoms with van der Waals surface area (Å²) in [5, 5.41) is 34.8. The smallest absolute Gasteiger partial charge is 0.300 e. The van der Waals surface area contributed by atoms with Crippen molar-refractivity contribution in [2.45, 2.75) is 88.4 Å². The molecule has 16 nitrogen and oxygen atoms in total. The Balaban J connectivity index is 0.000000182. The van der Waals surface area contributed by atoms with Crippen LogP contribution in [0.2, 0.25) is 0 Å². The number of hydrogen-bond acceptors (Lipinski definition) is 13. The maximum atomic E-state index is 13.2. The van der Waals surface area contributed by atoms with Crippen LogP contribution in [0.25, 0.3) is 0 Å². The number of benzene rings is 4. The van der Waals surface area contributed by atoms with Gasteiger partial charge in [-0.3, -0.25) is 0 Å². The van der Waals surface area contributed by atoms with Gasteiger partial charge in [0.2, 0.25) is 23.6 Å². The minimum atomic E-state index is -3.87. The van der Waals surface area contributed by atoms with Gasteiger partial charge in [-0.2, -0.15) is 30.2 Å². The number of aromatic nitrogens is 4. The Labute approximate surface area is 385 Å². The Morgan fingerprint density at radius 2 is 1.02 bits per heavy atom. The van der Waals surface area contributed by atoms with E-state index in [1.807, 2.05) is 121 Å². The summed E-state index contributed by atoms with van der Waals surface area (Å²) in [4.78, 5) is 0. The van der Waals surface area contributed by atoms with Gasteiger partial charge in [0.05, 0.1) is 32.1 Å². The molecule has 0 unspecified atom stereocenters. The molecule has 2 aliphatic heterocycles. The van der Waals surface area contributed by atoms with Crippen molar-refractivity contribution in [1.29, 1.82) is 0 Å². The first-order valence-corrected chi connectivity index (χ1v) is 25.4. The number of rotatable bonds is 16. The van der Waals surface area contributed by atoms with Crippen molar-refractivity contribution in [3.8, 4) is 0 Å². The van der Waals surface area contributed by atoms with E-state index in [2.05, 4.69) is 25.1 Å². The lowest BCUT2D eigenvalue weighted by atomic mass is 10.1. The summed E-state index contributed by atoms with van der Waals surface area (Å²) in [5.41, 5.74) is 9.78. The van der Waals surface area contributed by atoms with Crippen LogP contribution in [0.1, 0.15) is 96.4 Å². The highest BCUT2D eigenvalue weighted by atomic mass is 35.7. The van der Waals surface area contributed by atoms with Crippen LogP contribution < -0.4 is 10.5 Å². The Hall–Kier alpha value is -4.89. The Morgan fingerprint density at radius 3 is 1.45 bits per heavy atom. The van der Waals surface area contributed by atoms with Gasteiger partial charge in [0.1, 0.15) is 12.1 Å². The van der Waals surface area contributed by atoms with Gasteiger partial charge in [-0.15, -0.1) is 20.4 Å². The molecule has 0 aliphatic carbocycles. The zero-order valence-corrected chi connectivity index (χ0v) is 38.4. The van der Waals surface area contributed by atoms with Crippen LogP contribution in [0.4, 0.5) is 0 Å². The van der Waals surface area contributed by atoms with E-state index < -0.39 is 37.6 Å². The molecule has 0 bridgehead atoms. The molecule has 2 aliphatic rings. The molecular weight excluding hydrogens is 892 g/mol. The molecule has 348 valence electrons. The second-order valence-corrected chi connectivity index (χ2v) is 20.0. The van der Waals surface area contributed by atoms with E-state index in [1.165, 1.54) is 14.2 Å². The monoisotopic (exact) mass is 948 g/mol. The van der Waals surface area contributed by atoms with Crippen molar-refractivity contribution in [1.82, 2.24) is 33.7 Å². The van der Waals surface area contributed by atoms with Crippen molar-refractivity contribution < 1.29 is 35.9 Å². The van der Waals surface area contributed by atoms with Gasteiger partial charge < -0.3 is 24.8 Å². The van der Waals surface area contributed by atoms with E-state index >= 15 is 0 Å². The van der Waals surface area contributed by atoms with Crippen LogP contribution in [0.3, 0.4) is 0 Å². The maximum Gasteiger partial charge on any atom is 0.300 e. The minimum Gasteiger partial charge on any atom is -0.423 e. The number of piperidine rings is 2. The number of nitrogens with two attached hydrogens (primary N) is 1. The summed E-state index contributed by atoms with van der Waals surface area (Å²) in [5.74, 6) is 1.55. The van der Waals surface area contributed by atoms with Crippen LogP contribution >= 0.6 is 10.7 Å². The molecular formula is C46H57ClN8O8S2. The second-order valence-electron chi connectivity index (χ2n) is 15.9. The first kappa shape index (κ1) is 49.5. The van der Waals surface area contributed by atoms with Crippen molar-refractivity contribution in [3.63, 3.8) is 0 Å². The average molecular weight is 950 g/mol. The predicted molar refractivity (Wildman–Crippen MR) is 247 cm³/mol. The van der Waals surface area contributed by atoms with E-state index in [9.17, 15) is 21.9 Å². The van der Waals surface area contributed by atoms with E-state index in [0.29, 0.717) is 68.8 Å². The number of halogens is 1. The summed E-state index contributed by atoms with van der Waals surface area (Å²) >= 11 is 0. The number of hydrogen-bond donors (Lipinski definition) is 4. The lowest BCUT2D eigenvalue weighted by molar-refractivity contribution is 0.208. The zero-order chi connectivity index (χ0) is 46.1. The highest BCUT2D eigenvalue weighted by molar-refractivity contribution is 8.11. The molecule has 19 heteroatoms. The Bertz CT molecular complexity index is 2520. The van der Waals surface area contributed by atoms with Crippen LogP contribution in [-0.2, 0) is 45.1 Å². The topological polar surface area (TPSA) is 231 Å². The summed E-state index contributed by atoms with van der Waals surface area (Å²) in [6, 6.07) is 37.2. The third-order valence-electron chi connectivity index (χ3n) is 10.9. The molecule has 6 aromatic rings. The van der Waals surface area contributed by atoms with Gasteiger partial charge in [-0.25, -0.2) is 0 Å². The van der Waals surface area contributed by atoms with Gasteiger partial charge in [0.25, 0.3) is 10.2 Å². The SMILES string of the molecule is N[C@@H](CO)Cc1ccccc1.O=S(=O)(Cl)N1CCCC[C@H]1c1nnc(Cc2ccccc2)o1.O=S(=O)(N[C@@H](CO)Cc1ccccc1)N1CCCC[C@H]1c1nnc(Cc2ccccc2)o1. The van der Waals surface area contributed by atoms with E-state index in [0.717, 1.165) is 48.8 Å². The summed E-state index contributed by atoms with van der Waals surface area (Å²) in [7, 11) is -2.16. The van der Waals surface area contributed by atoms with Crippen molar-refractivity contribution in [2.24, 2.45) is 5.73 Å². The normalized spacial score (nSPS) is 18.1. The fourth-order valence-corrected chi connectivity index (χ4v) is 10.6. The minimum absolute atomic E-state index is 0.0505. The first-order valence-electron chi connectivity index (χ1n) is 21.7. The maximum absolute atomic E-state index is 13.2. The number of aliphatic hydroxyl groups is 2. The quantitative estimate of drug-likeness (QED) is 0.0837. The molecule has 0 spiro atoms. The Kier molecular flexibility index (Phi) is 18.7. The van der Waals surface area contributed by atoms with Crippen LogP contribution in [0.5, 0.6) is 0 Å². The summed E-state index contributed by atoms with van der Waals surface area (Å²) in [6.07, 6.45) is 6.73. The molecule has 4 atom stereocenters. The molecule has 65 heavy (non-hydrogen) atoms. The van der Waals surface area contributed by atoms with Gasteiger partial charge in [0.15, 0.2) is 0 Å². The summed E-state index contributed by atoms with van der Waals surface area (Å²) in [6.45, 7) is 0.496. The molecule has 2 fully saturated rings. The zero-order valence-electron chi connectivity index (χ0n) is 36.1. The van der Waals surface area contributed by atoms with Gasteiger partial charge >= 0.3 is 9.24 Å². The van der Waals surface area contributed by atoms with E-state index in [1.54, 1.807) is 0 Å². The van der Waals surface area contributed by atoms with Gasteiger partial charge in [0, 0.05) is 29.8 Å². The predicted octanol–water partition coefficient (Wildman–Crippen LogP) is 5.85. The first-order chi connectivity index (χ1) is 31.4. The van der Waals surface area contributed by atoms with Crippen LogP contribution in [0, 0.1) is 0 Å². The third kappa shape index (κ3) is 15.3. The fourth-order valence-electron chi connectivity index (χ4n) is 7.64. The average Bonchev–Trinajstić information content (AvgIpc) is 4.00. The lowest BCUT2D eigenvalue weighted by Gasteiger charge is -2.33. The molecule has 8 rings (SSSR count). The molecule has 0 radical (unpaired) electrons. The molecule has 5 N–H and O–H groups in total. The molecule has 4 aromatic carbocycles. The lowest BCUT2D eigenvalue weighted by Crippen LogP contribution is -2.50. The van der Waals surface area contributed by atoms with Crippen molar-refractivity contribution >= 4 is 30.1 Å². The fraction of sp³-hybridized carbons (Fsp3) is 0.391. The molecule has 0 amide bonds. The van der Waals surface area contributed by atoms with Crippen LogP contribution in [0.15, 0.2) is 130 Å². The number of aliphatic hydroxyl groups excluding tert-OH is 2. The largest absolute Gasteiger partial charge is 0.423 e. The molecule has 2 aromatic heterocycles. The standard InChI is InChI=1S/C23H28N4O4S.C14H16ClN3O3S.C9H13NO/c28-17-20(15-18-9-3-1-4-10-18)26-32(29,30)27-14-8-7-13-21(27)23-25-24-22(31-23)16-19-11-5-2-6-12-19;15-22(19,20)18-9-5-4-8-12(18)14-17-16-13(21-14)10-11-6-2-1-3-7-11;10-9(7-11)6-8-4-2-1-3-5-8/h1-6,9-12,20-21,26,28H,7-8,13-17H2;1-3,6-7,12H,4-5,8-10H2;1-5,9,11H,6-7,10H2/t20-,21+;12-;9-/m101/s1. The van der Waals surface area contributed by atoms with E-state index in [4.69, 9.17) is 30.4 Å². The van der Waals surface area contributed by atoms with Crippen molar-refractivity contribution in [2.75, 3.05) is 26.3 Å². The van der Waals surface area contributed by atoms with Crippen molar-refractivity contribution in [3.05, 3.63) is 167 Å². The highest BCUT2D eigenvalue weighted by Crippen LogP contribution is 2.34. The Morgan fingerprint density at radius 1 is 0.600 bits per heavy atom. The number of nitrogens with zero attached hydrogens (tertiary/aromatic N) is 6. The molecule has 2 saturated heterocycles. The second kappa shape index (κ2) is 24.6.